The number of carbonyl (C=O) groups is 3. The molecule has 0 aliphatic carbocycles. The molecule has 7 heteroatoms. The van der Waals surface area contributed by atoms with E-state index in [2.05, 4.69) is 26.6 Å². The average Bonchev–Trinajstić information content (AvgIpc) is 2.67. The SMILES string of the molecule is O=Cc1ccc(OCC(=O)NCCCNC(=O)c2ccc(Br)cc2)cc1. The van der Waals surface area contributed by atoms with Gasteiger partial charge in [0.1, 0.15) is 12.0 Å². The van der Waals surface area contributed by atoms with Gasteiger partial charge in [-0.2, -0.15) is 0 Å². The van der Waals surface area contributed by atoms with Crippen molar-refractivity contribution in [2.45, 2.75) is 6.42 Å². The number of aldehydes is 1. The molecule has 0 atom stereocenters. The molecule has 26 heavy (non-hydrogen) atoms. The lowest BCUT2D eigenvalue weighted by Gasteiger charge is -2.08. The van der Waals surface area contributed by atoms with Crippen LogP contribution in [0.15, 0.2) is 53.0 Å². The number of ether oxygens (including phenoxy) is 1. The fourth-order valence-corrected chi connectivity index (χ4v) is 2.33. The minimum absolute atomic E-state index is 0.105. The first kappa shape index (κ1) is 19.7. The van der Waals surface area contributed by atoms with E-state index in [1.165, 1.54) is 0 Å². The van der Waals surface area contributed by atoms with Gasteiger partial charge in [0.2, 0.25) is 0 Å². The quantitative estimate of drug-likeness (QED) is 0.484. The second-order valence-electron chi connectivity index (χ2n) is 5.44. The molecule has 0 radical (unpaired) electrons. The van der Waals surface area contributed by atoms with Crippen LogP contribution in [-0.2, 0) is 4.79 Å². The van der Waals surface area contributed by atoms with E-state index < -0.39 is 0 Å². The lowest BCUT2D eigenvalue weighted by atomic mass is 10.2. The van der Waals surface area contributed by atoms with Crippen molar-refractivity contribution < 1.29 is 19.1 Å². The Morgan fingerprint density at radius 2 is 1.62 bits per heavy atom. The van der Waals surface area contributed by atoms with Gasteiger partial charge in [0.15, 0.2) is 6.61 Å². The molecule has 0 spiro atoms. The van der Waals surface area contributed by atoms with Crippen LogP contribution in [0.1, 0.15) is 27.1 Å². The Bertz CT molecular complexity index is 745. The van der Waals surface area contributed by atoms with E-state index in [0.29, 0.717) is 36.4 Å². The maximum Gasteiger partial charge on any atom is 0.257 e. The van der Waals surface area contributed by atoms with Crippen molar-refractivity contribution in [2.75, 3.05) is 19.7 Å². The molecule has 0 saturated carbocycles. The van der Waals surface area contributed by atoms with Crippen LogP contribution < -0.4 is 15.4 Å². The molecule has 0 aliphatic heterocycles. The van der Waals surface area contributed by atoms with Gasteiger partial charge in [0, 0.05) is 28.7 Å². The summed E-state index contributed by atoms with van der Waals surface area (Å²) in [7, 11) is 0. The number of amides is 2. The summed E-state index contributed by atoms with van der Waals surface area (Å²) in [5.74, 6) is 0.127. The van der Waals surface area contributed by atoms with Crippen LogP contribution in [0, 0.1) is 0 Å². The molecular weight excluding hydrogens is 400 g/mol. The molecule has 0 fully saturated rings. The summed E-state index contributed by atoms with van der Waals surface area (Å²) in [5.41, 5.74) is 1.14. The summed E-state index contributed by atoms with van der Waals surface area (Å²) >= 11 is 3.32. The van der Waals surface area contributed by atoms with E-state index in [0.717, 1.165) is 10.8 Å². The number of rotatable bonds is 9. The normalized spacial score (nSPS) is 10.0. The van der Waals surface area contributed by atoms with Gasteiger partial charge < -0.3 is 15.4 Å². The second kappa shape index (κ2) is 10.4. The van der Waals surface area contributed by atoms with Crippen LogP contribution in [0.5, 0.6) is 5.75 Å². The fraction of sp³-hybridized carbons (Fsp3) is 0.211. The van der Waals surface area contributed by atoms with Crippen LogP contribution in [0.25, 0.3) is 0 Å². The lowest BCUT2D eigenvalue weighted by Crippen LogP contribution is -2.32. The summed E-state index contributed by atoms with van der Waals surface area (Å²) in [6.45, 7) is 0.793. The van der Waals surface area contributed by atoms with Crippen LogP contribution in [-0.4, -0.2) is 37.8 Å². The Labute approximate surface area is 160 Å². The van der Waals surface area contributed by atoms with E-state index >= 15 is 0 Å². The summed E-state index contributed by atoms with van der Waals surface area (Å²) in [6.07, 6.45) is 1.36. The number of benzene rings is 2. The summed E-state index contributed by atoms with van der Waals surface area (Å²) < 4.78 is 6.24. The third-order valence-electron chi connectivity index (χ3n) is 3.45. The molecule has 2 aromatic carbocycles. The zero-order valence-electron chi connectivity index (χ0n) is 14.0. The van der Waals surface area contributed by atoms with Gasteiger partial charge in [0.25, 0.3) is 11.8 Å². The predicted molar refractivity (Wildman–Crippen MR) is 101 cm³/mol. The average molecular weight is 419 g/mol. The molecule has 0 heterocycles. The summed E-state index contributed by atoms with van der Waals surface area (Å²) in [4.78, 5) is 34.2. The summed E-state index contributed by atoms with van der Waals surface area (Å²) in [6, 6.07) is 13.6. The molecule has 2 rings (SSSR count). The van der Waals surface area contributed by atoms with Crippen molar-refractivity contribution in [1.82, 2.24) is 10.6 Å². The minimum atomic E-state index is -0.247. The predicted octanol–water partition coefficient (Wildman–Crippen LogP) is 2.58. The topological polar surface area (TPSA) is 84.5 Å². The van der Waals surface area contributed by atoms with E-state index in [-0.39, 0.29) is 18.4 Å². The molecule has 0 unspecified atom stereocenters. The highest BCUT2D eigenvalue weighted by Gasteiger charge is 2.05. The molecule has 2 aromatic rings. The van der Waals surface area contributed by atoms with E-state index in [1.807, 2.05) is 12.1 Å². The molecule has 2 N–H and O–H groups in total. The van der Waals surface area contributed by atoms with Gasteiger partial charge in [0.05, 0.1) is 0 Å². The minimum Gasteiger partial charge on any atom is -0.484 e. The second-order valence-corrected chi connectivity index (χ2v) is 6.36. The zero-order valence-corrected chi connectivity index (χ0v) is 15.6. The molecule has 0 aliphatic rings. The molecule has 0 bridgehead atoms. The van der Waals surface area contributed by atoms with Crippen LogP contribution in [0.2, 0.25) is 0 Å². The Hall–Kier alpha value is -2.67. The maximum atomic E-state index is 11.9. The van der Waals surface area contributed by atoms with Gasteiger partial charge in [-0.3, -0.25) is 14.4 Å². The highest BCUT2D eigenvalue weighted by atomic mass is 79.9. The molecule has 0 saturated heterocycles. The third-order valence-corrected chi connectivity index (χ3v) is 3.98. The van der Waals surface area contributed by atoms with Gasteiger partial charge in [-0.25, -0.2) is 0 Å². The Balaban J connectivity index is 1.58. The molecule has 136 valence electrons. The first-order valence-electron chi connectivity index (χ1n) is 8.07. The standard InChI is InChI=1S/C19H19BrN2O4/c20-16-6-4-15(5-7-16)19(25)22-11-1-10-21-18(24)13-26-17-8-2-14(12-23)3-9-17/h2-9,12H,1,10-11,13H2,(H,21,24)(H,22,25). The van der Waals surface area contributed by atoms with Crippen LogP contribution in [0.4, 0.5) is 0 Å². The highest BCUT2D eigenvalue weighted by molar-refractivity contribution is 9.10. The zero-order chi connectivity index (χ0) is 18.8. The first-order valence-corrected chi connectivity index (χ1v) is 8.86. The smallest absolute Gasteiger partial charge is 0.257 e. The van der Waals surface area contributed by atoms with Crippen molar-refractivity contribution in [3.63, 3.8) is 0 Å². The number of halogens is 1. The molecule has 2 amide bonds. The fourth-order valence-electron chi connectivity index (χ4n) is 2.06. The van der Waals surface area contributed by atoms with E-state index in [1.54, 1.807) is 36.4 Å². The number of nitrogens with one attached hydrogen (secondary N) is 2. The van der Waals surface area contributed by atoms with Crippen LogP contribution >= 0.6 is 15.9 Å². The molecular formula is C19H19BrN2O4. The van der Waals surface area contributed by atoms with Crippen molar-refractivity contribution in [3.8, 4) is 5.75 Å². The monoisotopic (exact) mass is 418 g/mol. The maximum absolute atomic E-state index is 11.9. The van der Waals surface area contributed by atoms with Gasteiger partial charge >= 0.3 is 0 Å². The Morgan fingerprint density at radius 3 is 2.27 bits per heavy atom. The summed E-state index contributed by atoms with van der Waals surface area (Å²) in [5, 5.41) is 5.51. The van der Waals surface area contributed by atoms with Crippen molar-refractivity contribution >= 4 is 34.0 Å². The Kier molecular flexibility index (Phi) is 7.82. The highest BCUT2D eigenvalue weighted by Crippen LogP contribution is 2.11. The number of hydrogen-bond acceptors (Lipinski definition) is 4. The largest absolute Gasteiger partial charge is 0.484 e. The lowest BCUT2D eigenvalue weighted by molar-refractivity contribution is -0.123. The number of hydrogen-bond donors (Lipinski definition) is 2. The van der Waals surface area contributed by atoms with Gasteiger partial charge in [-0.1, -0.05) is 15.9 Å². The van der Waals surface area contributed by atoms with Gasteiger partial charge in [-0.15, -0.1) is 0 Å². The van der Waals surface area contributed by atoms with Crippen molar-refractivity contribution in [3.05, 3.63) is 64.1 Å². The molecule has 6 nitrogen and oxygen atoms in total. The van der Waals surface area contributed by atoms with Crippen molar-refractivity contribution in [1.29, 1.82) is 0 Å². The van der Waals surface area contributed by atoms with Gasteiger partial charge in [-0.05, 0) is 55.0 Å². The van der Waals surface area contributed by atoms with Crippen molar-refractivity contribution in [2.24, 2.45) is 0 Å². The molecule has 0 aromatic heterocycles. The number of carbonyl (C=O) groups excluding carboxylic acids is 3. The first-order chi connectivity index (χ1) is 12.6. The third kappa shape index (κ3) is 6.68. The van der Waals surface area contributed by atoms with E-state index in [9.17, 15) is 14.4 Å². The van der Waals surface area contributed by atoms with Crippen LogP contribution in [0.3, 0.4) is 0 Å². The van der Waals surface area contributed by atoms with E-state index in [4.69, 9.17) is 4.74 Å². The Morgan fingerprint density at radius 1 is 0.962 bits per heavy atom.